The summed E-state index contributed by atoms with van der Waals surface area (Å²) in [4.78, 5) is 49.2. The first-order valence-electron chi connectivity index (χ1n) is 24.2. The molecule has 22 nitrogen and oxygen atoms in total. The van der Waals surface area contributed by atoms with Crippen molar-refractivity contribution in [3.63, 3.8) is 0 Å². The van der Waals surface area contributed by atoms with Crippen LogP contribution in [0.15, 0.2) is 63.5 Å². The van der Waals surface area contributed by atoms with Crippen LogP contribution in [0, 0.1) is 0 Å². The predicted octanol–water partition coefficient (Wildman–Crippen LogP) is 13.3. The zero-order chi connectivity index (χ0) is 58.7. The monoisotopic (exact) mass is 1220 g/mol. The standard InChI is InChI=1S/C25H31N2O8PS2.2C12H21N2O4PS/c1-6-33-36(4,29)15-19-16-37-25(26-19)27-24(28)18-11-21(34-17(2)14-32-3)13-22(12-18)35-20-7-9-23(10-8-20)38(5,30)31;2*1-6-17-19(5,16)7-9-8-20-10(13-9)14-11(15)18-12(2,3)4/h7-13,16-17H,6,14-15H2,1-5H3,(H,26,27,28);2*8H,6-7H2,1-5H3,(H,13,14,15)/t17-,36-;2*19-/m010/s1. The van der Waals surface area contributed by atoms with E-state index < -0.39 is 61.2 Å². The topological polar surface area (TPSA) is 285 Å². The number of anilines is 3. The summed E-state index contributed by atoms with van der Waals surface area (Å²) < 4.78 is 103. The number of carbonyl (C=O) groups is 3. The van der Waals surface area contributed by atoms with Crippen LogP contribution in [0.1, 0.15) is 96.7 Å². The number of sulfone groups is 1. The Morgan fingerprint density at radius 1 is 0.615 bits per heavy atom. The Morgan fingerprint density at radius 2 is 1.00 bits per heavy atom. The summed E-state index contributed by atoms with van der Waals surface area (Å²) in [5.74, 6) is 0.632. The minimum absolute atomic E-state index is 0.166. The van der Waals surface area contributed by atoms with Crippen LogP contribution in [0.5, 0.6) is 17.2 Å². The molecule has 0 aliphatic heterocycles. The third-order valence-electron chi connectivity index (χ3n) is 9.01. The molecule has 0 bridgehead atoms. The number of benzene rings is 2. The number of hydrogen-bond acceptors (Lipinski definition) is 22. The summed E-state index contributed by atoms with van der Waals surface area (Å²) in [5.41, 5.74) is 0.982. The normalized spacial score (nSPS) is 14.3. The summed E-state index contributed by atoms with van der Waals surface area (Å²) >= 11 is 3.74. The van der Waals surface area contributed by atoms with Gasteiger partial charge in [0.2, 0.25) is 22.1 Å². The third kappa shape index (κ3) is 27.1. The Bertz CT molecular complexity index is 2920. The van der Waals surface area contributed by atoms with Crippen molar-refractivity contribution < 1.29 is 73.8 Å². The minimum Gasteiger partial charge on any atom is -0.488 e. The Morgan fingerprint density at radius 3 is 1.36 bits per heavy atom. The van der Waals surface area contributed by atoms with Crippen molar-refractivity contribution in [3.8, 4) is 17.2 Å². The molecule has 0 saturated heterocycles. The first-order chi connectivity index (χ1) is 36.1. The molecule has 0 aliphatic carbocycles. The molecule has 0 fully saturated rings. The number of nitrogens with zero attached hydrogens (tertiary/aromatic N) is 3. The van der Waals surface area contributed by atoms with Gasteiger partial charge in [0.25, 0.3) is 5.91 Å². The lowest BCUT2D eigenvalue weighted by atomic mass is 10.2. The highest BCUT2D eigenvalue weighted by atomic mass is 32.2. The molecular formula is C49H73N6O16P3S4. The van der Waals surface area contributed by atoms with E-state index in [-0.39, 0.29) is 35.0 Å². The number of nitrogens with one attached hydrogen (secondary N) is 3. The summed E-state index contributed by atoms with van der Waals surface area (Å²) in [5, 5.41) is 14.3. The molecule has 5 rings (SSSR count). The average Bonchev–Trinajstić information content (AvgIpc) is 4.03. The molecular weight excluding hydrogens is 1150 g/mol. The van der Waals surface area contributed by atoms with E-state index in [4.69, 9.17) is 37.3 Å². The van der Waals surface area contributed by atoms with Gasteiger partial charge in [0.15, 0.2) is 25.2 Å². The molecule has 29 heteroatoms. The van der Waals surface area contributed by atoms with Gasteiger partial charge in [-0.05, 0) is 106 Å². The van der Waals surface area contributed by atoms with E-state index in [1.165, 1.54) is 64.3 Å². The van der Waals surface area contributed by atoms with Gasteiger partial charge in [-0.3, -0.25) is 34.4 Å². The van der Waals surface area contributed by atoms with Crippen LogP contribution in [-0.2, 0) is 69.8 Å². The second kappa shape index (κ2) is 30.3. The molecule has 3 amide bonds. The first-order valence-corrected chi connectivity index (χ1v) is 35.5. The second-order valence-electron chi connectivity index (χ2n) is 19.3. The fourth-order valence-corrected chi connectivity index (χ4v) is 13.6. The number of rotatable bonds is 23. The maximum Gasteiger partial charge on any atom is 0.413 e. The molecule has 0 saturated carbocycles. The zero-order valence-electron chi connectivity index (χ0n) is 46.6. The first kappa shape index (κ1) is 67.7. The Balaban J connectivity index is 0.000000338. The van der Waals surface area contributed by atoms with Gasteiger partial charge in [0.1, 0.15) is 34.6 Å². The maximum absolute atomic E-state index is 13.1. The second-order valence-corrected chi connectivity index (χ2v) is 31.7. The summed E-state index contributed by atoms with van der Waals surface area (Å²) in [6.45, 7) is 24.1. The van der Waals surface area contributed by atoms with Crippen molar-refractivity contribution in [2.24, 2.45) is 0 Å². The van der Waals surface area contributed by atoms with Gasteiger partial charge in [-0.25, -0.2) is 33.0 Å². The molecule has 0 aliphatic rings. The van der Waals surface area contributed by atoms with Gasteiger partial charge >= 0.3 is 12.2 Å². The molecule has 0 radical (unpaired) electrons. The molecule has 434 valence electrons. The number of methoxy groups -OCH3 is 1. The molecule has 0 spiro atoms. The van der Waals surface area contributed by atoms with Gasteiger partial charge < -0.3 is 37.3 Å². The highest BCUT2D eigenvalue weighted by Crippen LogP contribution is 2.48. The van der Waals surface area contributed by atoms with Crippen molar-refractivity contribution in [2.45, 2.75) is 110 Å². The molecule has 78 heavy (non-hydrogen) atoms. The minimum atomic E-state index is -3.35. The van der Waals surface area contributed by atoms with E-state index in [0.717, 1.165) is 6.26 Å². The van der Waals surface area contributed by atoms with E-state index in [1.54, 1.807) is 118 Å². The van der Waals surface area contributed by atoms with E-state index in [1.807, 2.05) is 6.92 Å². The predicted molar refractivity (Wildman–Crippen MR) is 309 cm³/mol. The van der Waals surface area contributed by atoms with Crippen molar-refractivity contribution in [2.75, 3.05) is 75.7 Å². The van der Waals surface area contributed by atoms with Crippen molar-refractivity contribution in [1.29, 1.82) is 0 Å². The van der Waals surface area contributed by atoms with E-state index in [0.29, 0.717) is 76.2 Å². The van der Waals surface area contributed by atoms with Crippen LogP contribution in [0.2, 0.25) is 0 Å². The fraction of sp³-hybridized carbons (Fsp3) is 0.510. The third-order valence-corrected chi connectivity index (χ3v) is 17.7. The maximum atomic E-state index is 13.1. The van der Waals surface area contributed by atoms with Crippen LogP contribution in [0.3, 0.4) is 0 Å². The zero-order valence-corrected chi connectivity index (χ0v) is 52.6. The van der Waals surface area contributed by atoms with Gasteiger partial charge in [-0.2, -0.15) is 0 Å². The lowest BCUT2D eigenvalue weighted by molar-refractivity contribution is 0.0624. The molecule has 3 aromatic heterocycles. The largest absolute Gasteiger partial charge is 0.488 e. The van der Waals surface area contributed by atoms with Crippen LogP contribution in [0.4, 0.5) is 25.0 Å². The summed E-state index contributed by atoms with van der Waals surface area (Å²) in [6.07, 6.45) is 0.411. The van der Waals surface area contributed by atoms with Crippen LogP contribution in [-0.4, -0.2) is 119 Å². The quantitative estimate of drug-likeness (QED) is 0.0512. The number of hydrogen-bond donors (Lipinski definition) is 3. The molecule has 2 aromatic carbocycles. The molecule has 5 aromatic rings. The van der Waals surface area contributed by atoms with Crippen molar-refractivity contribution in [3.05, 3.63) is 81.2 Å². The Labute approximate surface area is 469 Å². The lowest BCUT2D eigenvalue weighted by Crippen LogP contribution is -2.27. The average molecular weight is 1220 g/mol. The number of thiazole rings is 3. The summed E-state index contributed by atoms with van der Waals surface area (Å²) in [7, 11) is -9.94. The van der Waals surface area contributed by atoms with Gasteiger partial charge in [0, 0.05) is 61.1 Å². The van der Waals surface area contributed by atoms with Crippen LogP contribution >= 0.6 is 56.1 Å². The molecule has 0 unspecified atom stereocenters. The fourth-order valence-electron chi connectivity index (χ4n) is 6.32. The highest BCUT2D eigenvalue weighted by molar-refractivity contribution is 7.90. The lowest BCUT2D eigenvalue weighted by Gasteiger charge is -2.18. The Hall–Kier alpha value is -4.58. The molecule has 3 heterocycles. The van der Waals surface area contributed by atoms with Crippen molar-refractivity contribution >= 4 is 99.4 Å². The number of aromatic nitrogens is 3. The SMILES string of the molecule is CCO[P@@](C)(=O)Cc1csc(NC(=O)OC(C)(C)C)n1.CCO[P@](C)(=O)Cc1csc(NC(=O)OC(C)(C)C)n1.CCO[P@](C)(=O)Cc1csc(NC(=O)c2cc(Oc3ccc(S(C)(=O)=O)cc3)cc(O[C@@H](C)COC)c2)n1. The summed E-state index contributed by atoms with van der Waals surface area (Å²) in [6, 6.07) is 10.7. The highest BCUT2D eigenvalue weighted by Gasteiger charge is 2.24. The van der Waals surface area contributed by atoms with Crippen LogP contribution < -0.4 is 25.4 Å². The van der Waals surface area contributed by atoms with E-state index in [9.17, 15) is 36.5 Å². The molecule has 4 atom stereocenters. The van der Waals surface area contributed by atoms with Crippen LogP contribution in [0.25, 0.3) is 0 Å². The van der Waals surface area contributed by atoms with Gasteiger partial charge in [-0.1, -0.05) is 0 Å². The number of amides is 3. The number of carbonyl (C=O) groups excluding carboxylic acids is 3. The van der Waals surface area contributed by atoms with Gasteiger partial charge in [-0.15, -0.1) is 34.0 Å². The number of ether oxygens (including phenoxy) is 5. The van der Waals surface area contributed by atoms with Gasteiger partial charge in [0.05, 0.1) is 66.9 Å². The molecule has 3 N–H and O–H groups in total. The van der Waals surface area contributed by atoms with Crippen molar-refractivity contribution in [1.82, 2.24) is 15.0 Å². The van der Waals surface area contributed by atoms with E-state index in [2.05, 4.69) is 30.9 Å². The smallest absolute Gasteiger partial charge is 0.413 e. The van der Waals surface area contributed by atoms with E-state index >= 15 is 0 Å². The Kier molecular flexibility index (Phi) is 26.3.